The molecule has 11 heteroatoms. The van der Waals surface area contributed by atoms with Crippen LogP contribution in [0.1, 0.15) is 5.56 Å². The highest BCUT2D eigenvalue weighted by atomic mass is 32.2. The predicted molar refractivity (Wildman–Crippen MR) is 126 cm³/mol. The van der Waals surface area contributed by atoms with Crippen LogP contribution >= 0.6 is 0 Å². The summed E-state index contributed by atoms with van der Waals surface area (Å²) in [6, 6.07) is 12.2. The number of benzene rings is 1. The smallest absolute Gasteiger partial charge is 0.255 e. The number of sulfonamides is 1. The average molecular weight is 471 g/mol. The van der Waals surface area contributed by atoms with E-state index >= 15 is 0 Å². The van der Waals surface area contributed by atoms with E-state index < -0.39 is 10.0 Å². The quantitative estimate of drug-likeness (QED) is 0.417. The Bertz CT molecular complexity index is 1300. The highest BCUT2D eigenvalue weighted by Gasteiger charge is 2.25. The van der Waals surface area contributed by atoms with Crippen molar-refractivity contribution in [2.24, 2.45) is 12.9 Å². The van der Waals surface area contributed by atoms with Crippen molar-refractivity contribution in [3.8, 4) is 11.3 Å². The minimum absolute atomic E-state index is 0.147. The van der Waals surface area contributed by atoms with Crippen LogP contribution in [-0.2, 0) is 28.2 Å². The van der Waals surface area contributed by atoms with Crippen molar-refractivity contribution in [2.75, 3.05) is 35.3 Å². The number of hydrogen-bond acceptors (Lipinski definition) is 8. The molecule has 1 aliphatic rings. The summed E-state index contributed by atoms with van der Waals surface area (Å²) >= 11 is 0. The van der Waals surface area contributed by atoms with E-state index in [9.17, 15) is 13.2 Å². The molecule has 3 heterocycles. The molecule has 33 heavy (non-hydrogen) atoms. The molecule has 174 valence electrons. The van der Waals surface area contributed by atoms with E-state index in [1.807, 2.05) is 23.1 Å². The molecule has 2 N–H and O–H groups in total. The second-order valence-electron chi connectivity index (χ2n) is 7.95. The third-order valence-electron chi connectivity index (χ3n) is 5.49. The fourth-order valence-corrected chi connectivity index (χ4v) is 4.28. The van der Waals surface area contributed by atoms with Crippen molar-refractivity contribution >= 4 is 21.7 Å². The Morgan fingerprint density at radius 3 is 2.70 bits per heavy atom. The zero-order valence-corrected chi connectivity index (χ0v) is 19.3. The summed E-state index contributed by atoms with van der Waals surface area (Å²) in [5.41, 5.74) is 2.55. The van der Waals surface area contributed by atoms with Gasteiger partial charge in [-0.1, -0.05) is 12.1 Å². The highest BCUT2D eigenvalue weighted by molar-refractivity contribution is 7.92. The number of hydrogen-bond donors (Lipinski definition) is 1. The first kappa shape index (κ1) is 22.9. The van der Waals surface area contributed by atoms with Gasteiger partial charge in [0.15, 0.2) is 0 Å². The molecule has 1 aliphatic heterocycles. The van der Waals surface area contributed by atoms with Crippen molar-refractivity contribution < 1.29 is 13.2 Å². The largest absolute Gasteiger partial charge is 0.374 e. The number of rotatable bonds is 6. The van der Waals surface area contributed by atoms with Crippen LogP contribution in [0.2, 0.25) is 0 Å². The van der Waals surface area contributed by atoms with Crippen LogP contribution in [-0.4, -0.2) is 55.0 Å². The van der Waals surface area contributed by atoms with Gasteiger partial charge in [-0.15, -0.1) is 0 Å². The van der Waals surface area contributed by atoms with Gasteiger partial charge in [-0.05, 0) is 29.8 Å². The normalized spacial score (nSPS) is 16.6. The van der Waals surface area contributed by atoms with Crippen LogP contribution in [0.25, 0.3) is 11.3 Å². The minimum Gasteiger partial charge on any atom is -0.374 e. The molecule has 0 radical (unpaired) electrons. The van der Waals surface area contributed by atoms with Crippen LogP contribution in [0.3, 0.4) is 0 Å². The number of hydrazine groups is 1. The Morgan fingerprint density at radius 2 is 1.97 bits per heavy atom. The van der Waals surface area contributed by atoms with Crippen LogP contribution in [0.5, 0.6) is 0 Å². The first-order chi connectivity index (χ1) is 15.7. The van der Waals surface area contributed by atoms with E-state index in [1.54, 1.807) is 37.6 Å². The molecule has 1 unspecified atom stereocenters. The number of anilines is 2. The number of ether oxygens (including phenoxy) is 1. The molecule has 1 saturated heterocycles. The summed E-state index contributed by atoms with van der Waals surface area (Å²) < 4.78 is 31.8. The van der Waals surface area contributed by atoms with E-state index in [4.69, 9.17) is 15.6 Å². The Labute approximate surface area is 192 Å². The van der Waals surface area contributed by atoms with E-state index in [1.165, 1.54) is 10.6 Å². The summed E-state index contributed by atoms with van der Waals surface area (Å²) in [6.45, 7) is 1.61. The SMILES string of the molecule is Cn1c(N2CCOC(Cc3cccc(N(N)S(C)(=O)=O)c3)C2)nc(-c2ccncc2)cc1=O. The lowest BCUT2D eigenvalue weighted by molar-refractivity contribution is 0.0403. The molecule has 4 rings (SSSR count). The lowest BCUT2D eigenvalue weighted by atomic mass is 10.1. The van der Waals surface area contributed by atoms with Crippen LogP contribution < -0.4 is 20.7 Å². The molecule has 1 atom stereocenters. The highest BCUT2D eigenvalue weighted by Crippen LogP contribution is 2.22. The van der Waals surface area contributed by atoms with Crippen molar-refractivity contribution in [1.29, 1.82) is 0 Å². The molecule has 10 nitrogen and oxygen atoms in total. The third-order valence-corrected chi connectivity index (χ3v) is 6.42. The molecule has 0 amide bonds. The maximum absolute atomic E-state index is 12.6. The zero-order valence-electron chi connectivity index (χ0n) is 18.5. The van der Waals surface area contributed by atoms with Crippen molar-refractivity contribution in [1.82, 2.24) is 14.5 Å². The molecule has 0 saturated carbocycles. The number of morpholine rings is 1. The van der Waals surface area contributed by atoms with E-state index in [-0.39, 0.29) is 11.7 Å². The predicted octanol–water partition coefficient (Wildman–Crippen LogP) is 0.930. The van der Waals surface area contributed by atoms with Crippen LogP contribution in [0.15, 0.2) is 59.7 Å². The van der Waals surface area contributed by atoms with Crippen molar-refractivity contribution in [3.63, 3.8) is 0 Å². The van der Waals surface area contributed by atoms with Gasteiger partial charge in [-0.3, -0.25) is 14.3 Å². The van der Waals surface area contributed by atoms with Gasteiger partial charge in [0.05, 0.1) is 30.3 Å². The average Bonchev–Trinajstić information content (AvgIpc) is 2.80. The van der Waals surface area contributed by atoms with Gasteiger partial charge in [0.1, 0.15) is 0 Å². The summed E-state index contributed by atoms with van der Waals surface area (Å²) in [5, 5.41) is 0. The van der Waals surface area contributed by atoms with Gasteiger partial charge in [0, 0.05) is 50.6 Å². The third kappa shape index (κ3) is 5.21. The topological polar surface area (TPSA) is 124 Å². The number of pyridine rings is 1. The summed E-state index contributed by atoms with van der Waals surface area (Å²) in [5.74, 6) is 6.30. The van der Waals surface area contributed by atoms with Gasteiger partial charge in [0.2, 0.25) is 16.0 Å². The molecular formula is C22H26N6O4S. The van der Waals surface area contributed by atoms with Crippen LogP contribution in [0, 0.1) is 0 Å². The fourth-order valence-electron chi connectivity index (χ4n) is 3.78. The number of nitrogens with two attached hydrogens (primary N) is 1. The Hall–Kier alpha value is -3.28. The molecular weight excluding hydrogens is 444 g/mol. The molecule has 1 aromatic carbocycles. The van der Waals surface area contributed by atoms with E-state index in [0.29, 0.717) is 43.4 Å². The minimum atomic E-state index is -3.56. The molecule has 1 fully saturated rings. The van der Waals surface area contributed by atoms with Crippen molar-refractivity contribution in [2.45, 2.75) is 12.5 Å². The first-order valence-corrected chi connectivity index (χ1v) is 12.3. The Balaban J connectivity index is 1.55. The van der Waals surface area contributed by atoms with Gasteiger partial charge in [-0.25, -0.2) is 23.7 Å². The summed E-state index contributed by atoms with van der Waals surface area (Å²) in [4.78, 5) is 23.4. The molecule has 0 bridgehead atoms. The lowest BCUT2D eigenvalue weighted by Gasteiger charge is -2.34. The molecule has 3 aromatic rings. The Kier molecular flexibility index (Phi) is 6.45. The maximum atomic E-state index is 12.6. The first-order valence-electron chi connectivity index (χ1n) is 10.4. The second-order valence-corrected chi connectivity index (χ2v) is 9.81. The maximum Gasteiger partial charge on any atom is 0.255 e. The fraction of sp³-hybridized carbons (Fsp3) is 0.318. The van der Waals surface area contributed by atoms with E-state index in [2.05, 4.69) is 4.98 Å². The monoisotopic (exact) mass is 470 g/mol. The van der Waals surface area contributed by atoms with Gasteiger partial charge in [0.25, 0.3) is 5.56 Å². The molecule has 0 aliphatic carbocycles. The number of nitrogens with zero attached hydrogens (tertiary/aromatic N) is 5. The van der Waals surface area contributed by atoms with Crippen LogP contribution in [0.4, 0.5) is 11.6 Å². The van der Waals surface area contributed by atoms with Gasteiger partial charge in [-0.2, -0.15) is 0 Å². The molecule has 2 aromatic heterocycles. The van der Waals surface area contributed by atoms with Crippen molar-refractivity contribution in [3.05, 3.63) is 70.8 Å². The van der Waals surface area contributed by atoms with Gasteiger partial charge < -0.3 is 9.64 Å². The summed E-state index contributed by atoms with van der Waals surface area (Å²) in [6.07, 6.45) is 4.78. The summed E-state index contributed by atoms with van der Waals surface area (Å²) in [7, 11) is -1.85. The zero-order chi connectivity index (χ0) is 23.6. The van der Waals surface area contributed by atoms with Gasteiger partial charge >= 0.3 is 0 Å². The lowest BCUT2D eigenvalue weighted by Crippen LogP contribution is -2.45. The van der Waals surface area contributed by atoms with E-state index in [0.717, 1.165) is 21.8 Å². The molecule has 0 spiro atoms. The standard InChI is InChI=1S/C22H26N6O4S/c1-26-21(29)14-20(17-6-8-24-9-7-17)25-22(26)27-10-11-32-19(15-27)13-16-4-3-5-18(12-16)28(23)33(2,30)31/h3-9,12,14,19H,10-11,13,15,23H2,1-2H3. The Morgan fingerprint density at radius 1 is 1.21 bits per heavy atom. The number of aromatic nitrogens is 3. The second kappa shape index (κ2) is 9.30.